The number of nitrogens with zero attached hydrogens (tertiary/aromatic N) is 1. The van der Waals surface area contributed by atoms with Crippen molar-refractivity contribution in [3.63, 3.8) is 0 Å². The number of anilines is 1. The lowest BCUT2D eigenvalue weighted by molar-refractivity contribution is 0.318. The van der Waals surface area contributed by atoms with E-state index in [1.165, 1.54) is 0 Å². The lowest BCUT2D eigenvalue weighted by Crippen LogP contribution is -1.95. The Bertz CT molecular complexity index is 737. The number of aromatic nitrogens is 2. The van der Waals surface area contributed by atoms with Crippen LogP contribution in [0.5, 0.6) is 17.5 Å². The Hall–Kier alpha value is -2.69. The number of aromatic amines is 1. The van der Waals surface area contributed by atoms with Crippen LogP contribution < -0.4 is 15.2 Å². The van der Waals surface area contributed by atoms with Crippen molar-refractivity contribution in [2.24, 2.45) is 0 Å². The Morgan fingerprint density at radius 2 is 1.95 bits per heavy atom. The molecule has 0 bridgehead atoms. The summed E-state index contributed by atoms with van der Waals surface area (Å²) < 4.78 is 11.3. The minimum Gasteiger partial charge on any atom is -0.490 e. The maximum Gasteiger partial charge on any atom is 0.300 e. The number of imidazole rings is 1. The molecule has 2 aromatic carbocycles. The topological polar surface area (TPSA) is 73.2 Å². The van der Waals surface area contributed by atoms with Crippen molar-refractivity contribution in [2.45, 2.75) is 6.92 Å². The molecule has 0 aliphatic heterocycles. The minimum atomic E-state index is 0.415. The number of hydrogen-bond donors (Lipinski definition) is 2. The Kier molecular flexibility index (Phi) is 3.16. The fourth-order valence-electron chi connectivity index (χ4n) is 1.97. The number of H-pyrrole nitrogens is 1. The molecule has 20 heavy (non-hydrogen) atoms. The van der Waals surface area contributed by atoms with E-state index in [1.54, 1.807) is 6.07 Å². The number of nitrogen functional groups attached to an aromatic ring is 1. The van der Waals surface area contributed by atoms with Gasteiger partial charge in [0, 0.05) is 5.69 Å². The third-order valence-electron chi connectivity index (χ3n) is 2.84. The fraction of sp³-hybridized carbons (Fsp3) is 0.133. The first-order valence-corrected chi connectivity index (χ1v) is 6.41. The number of para-hydroxylation sites is 2. The van der Waals surface area contributed by atoms with Crippen LogP contribution in [0.2, 0.25) is 0 Å². The van der Waals surface area contributed by atoms with E-state index < -0.39 is 0 Å². The second-order valence-electron chi connectivity index (χ2n) is 4.30. The van der Waals surface area contributed by atoms with Crippen molar-refractivity contribution >= 4 is 16.7 Å². The molecule has 0 aliphatic rings. The van der Waals surface area contributed by atoms with E-state index in [-0.39, 0.29) is 0 Å². The fourth-order valence-corrected chi connectivity index (χ4v) is 1.97. The summed E-state index contributed by atoms with van der Waals surface area (Å²) in [6.07, 6.45) is 0. The molecule has 0 aliphatic carbocycles. The molecule has 1 heterocycles. The quantitative estimate of drug-likeness (QED) is 0.712. The number of ether oxygens (including phenoxy) is 2. The Labute approximate surface area is 116 Å². The summed E-state index contributed by atoms with van der Waals surface area (Å²) >= 11 is 0. The molecule has 0 saturated heterocycles. The van der Waals surface area contributed by atoms with E-state index in [0.717, 1.165) is 11.0 Å². The summed E-state index contributed by atoms with van der Waals surface area (Å²) in [6.45, 7) is 2.51. The maximum absolute atomic E-state index is 5.75. The van der Waals surface area contributed by atoms with Gasteiger partial charge in [-0.25, -0.2) is 0 Å². The van der Waals surface area contributed by atoms with Crippen LogP contribution in [0.3, 0.4) is 0 Å². The van der Waals surface area contributed by atoms with Gasteiger partial charge < -0.3 is 20.2 Å². The zero-order valence-electron chi connectivity index (χ0n) is 11.1. The summed E-state index contributed by atoms with van der Waals surface area (Å²) in [5, 5.41) is 0. The first-order valence-electron chi connectivity index (χ1n) is 6.41. The lowest BCUT2D eigenvalue weighted by atomic mass is 10.3. The zero-order valence-corrected chi connectivity index (χ0v) is 11.1. The summed E-state index contributed by atoms with van der Waals surface area (Å²) in [7, 11) is 0. The lowest BCUT2D eigenvalue weighted by Gasteiger charge is -2.08. The van der Waals surface area contributed by atoms with Gasteiger partial charge in [-0.2, -0.15) is 4.98 Å². The molecule has 1 aromatic heterocycles. The van der Waals surface area contributed by atoms with Crippen molar-refractivity contribution < 1.29 is 9.47 Å². The van der Waals surface area contributed by atoms with Gasteiger partial charge in [0.15, 0.2) is 11.5 Å². The van der Waals surface area contributed by atoms with E-state index in [0.29, 0.717) is 29.8 Å². The van der Waals surface area contributed by atoms with Crippen LogP contribution in [0.4, 0.5) is 5.69 Å². The van der Waals surface area contributed by atoms with Crippen LogP contribution >= 0.6 is 0 Å². The smallest absolute Gasteiger partial charge is 0.300 e. The number of nitrogens with one attached hydrogen (secondary N) is 1. The van der Waals surface area contributed by atoms with Crippen molar-refractivity contribution in [1.82, 2.24) is 9.97 Å². The molecule has 0 spiro atoms. The number of hydrogen-bond acceptors (Lipinski definition) is 4. The first kappa shape index (κ1) is 12.3. The van der Waals surface area contributed by atoms with Gasteiger partial charge >= 0.3 is 0 Å². The van der Waals surface area contributed by atoms with Gasteiger partial charge in [0.05, 0.1) is 17.6 Å². The molecule has 0 amide bonds. The number of benzene rings is 2. The van der Waals surface area contributed by atoms with E-state index in [9.17, 15) is 0 Å². The normalized spacial score (nSPS) is 10.7. The average Bonchev–Trinajstić information content (AvgIpc) is 2.82. The average molecular weight is 269 g/mol. The molecule has 0 fully saturated rings. The predicted octanol–water partition coefficient (Wildman–Crippen LogP) is 3.34. The monoisotopic (exact) mass is 269 g/mol. The molecular formula is C15H15N3O2. The molecule has 0 atom stereocenters. The highest BCUT2D eigenvalue weighted by atomic mass is 16.5. The minimum absolute atomic E-state index is 0.415. The Morgan fingerprint density at radius 1 is 1.15 bits per heavy atom. The second kappa shape index (κ2) is 5.13. The van der Waals surface area contributed by atoms with Crippen LogP contribution in [0.15, 0.2) is 42.5 Å². The van der Waals surface area contributed by atoms with Crippen LogP contribution in [-0.4, -0.2) is 16.6 Å². The Balaban J connectivity index is 1.93. The summed E-state index contributed by atoms with van der Waals surface area (Å²) in [4.78, 5) is 7.45. The third kappa shape index (κ3) is 2.38. The van der Waals surface area contributed by atoms with Crippen molar-refractivity contribution in [3.8, 4) is 17.5 Å². The number of nitrogens with two attached hydrogens (primary N) is 1. The zero-order chi connectivity index (χ0) is 13.9. The van der Waals surface area contributed by atoms with E-state index in [2.05, 4.69) is 9.97 Å². The van der Waals surface area contributed by atoms with Gasteiger partial charge in [0.25, 0.3) is 6.01 Å². The van der Waals surface area contributed by atoms with Crippen molar-refractivity contribution in [1.29, 1.82) is 0 Å². The number of fused-ring (bicyclic) bond motifs is 1. The molecular weight excluding hydrogens is 254 g/mol. The van der Waals surface area contributed by atoms with Crippen LogP contribution in [0, 0.1) is 0 Å². The van der Waals surface area contributed by atoms with E-state index in [1.807, 2.05) is 43.3 Å². The highest BCUT2D eigenvalue weighted by Crippen LogP contribution is 2.31. The third-order valence-corrected chi connectivity index (χ3v) is 2.84. The molecule has 3 N–H and O–H groups in total. The summed E-state index contributed by atoms with van der Waals surface area (Å²) in [5.41, 5.74) is 8.07. The van der Waals surface area contributed by atoms with Gasteiger partial charge in [-0.3, -0.25) is 0 Å². The molecule has 0 unspecified atom stereocenters. The molecule has 3 aromatic rings. The summed E-state index contributed by atoms with van der Waals surface area (Å²) in [5.74, 6) is 1.32. The SMILES string of the molecule is CCOc1ccccc1Oc1nc2ccc(N)cc2[nH]1. The van der Waals surface area contributed by atoms with Crippen LogP contribution in [0.1, 0.15) is 6.92 Å². The largest absolute Gasteiger partial charge is 0.490 e. The van der Waals surface area contributed by atoms with E-state index in [4.69, 9.17) is 15.2 Å². The van der Waals surface area contributed by atoms with Crippen LogP contribution in [-0.2, 0) is 0 Å². The highest BCUT2D eigenvalue weighted by Gasteiger charge is 2.09. The van der Waals surface area contributed by atoms with Gasteiger partial charge in [0.1, 0.15) is 0 Å². The number of rotatable bonds is 4. The molecule has 0 saturated carbocycles. The molecule has 5 heteroatoms. The molecule has 0 radical (unpaired) electrons. The van der Waals surface area contributed by atoms with Crippen molar-refractivity contribution in [2.75, 3.05) is 12.3 Å². The molecule has 3 rings (SSSR count). The van der Waals surface area contributed by atoms with E-state index >= 15 is 0 Å². The predicted molar refractivity (Wildman–Crippen MR) is 78.2 cm³/mol. The first-order chi connectivity index (χ1) is 9.76. The Morgan fingerprint density at radius 3 is 2.75 bits per heavy atom. The standard InChI is InChI=1S/C15H15N3O2/c1-2-19-13-5-3-4-6-14(13)20-15-17-11-8-7-10(16)9-12(11)18-15/h3-9H,2,16H2,1H3,(H,17,18). The van der Waals surface area contributed by atoms with Gasteiger partial charge in [-0.1, -0.05) is 12.1 Å². The maximum atomic E-state index is 5.75. The second-order valence-corrected chi connectivity index (χ2v) is 4.30. The highest BCUT2D eigenvalue weighted by molar-refractivity contribution is 5.79. The van der Waals surface area contributed by atoms with Gasteiger partial charge in [-0.15, -0.1) is 0 Å². The van der Waals surface area contributed by atoms with Gasteiger partial charge in [-0.05, 0) is 37.3 Å². The van der Waals surface area contributed by atoms with Gasteiger partial charge in [0.2, 0.25) is 0 Å². The molecule has 5 nitrogen and oxygen atoms in total. The molecule has 102 valence electrons. The van der Waals surface area contributed by atoms with Crippen molar-refractivity contribution in [3.05, 3.63) is 42.5 Å². The van der Waals surface area contributed by atoms with Crippen LogP contribution in [0.25, 0.3) is 11.0 Å². The summed E-state index contributed by atoms with van der Waals surface area (Å²) in [6, 6.07) is 13.4.